The molecular weight excluding hydrogens is 350 g/mol. The molecule has 1 N–H and O–H groups in total. The zero-order valence-corrected chi connectivity index (χ0v) is 15.4. The molecule has 138 valence electrons. The Labute approximate surface area is 162 Å². The second-order valence-electron chi connectivity index (χ2n) is 6.91. The third-order valence-corrected chi connectivity index (χ3v) is 5.44. The van der Waals surface area contributed by atoms with Gasteiger partial charge in [-0.3, -0.25) is 5.10 Å². The van der Waals surface area contributed by atoms with Crippen molar-refractivity contribution in [3.63, 3.8) is 0 Å². The molecule has 1 atom stereocenters. The van der Waals surface area contributed by atoms with Gasteiger partial charge in [0.05, 0.1) is 7.11 Å². The largest absolute Gasteiger partial charge is 0.497 e. The van der Waals surface area contributed by atoms with Crippen LogP contribution in [0.5, 0.6) is 5.75 Å². The first-order valence-corrected chi connectivity index (χ1v) is 9.15. The van der Waals surface area contributed by atoms with E-state index in [-0.39, 0.29) is 5.41 Å². The van der Waals surface area contributed by atoms with Crippen molar-refractivity contribution in [1.82, 2.24) is 15.2 Å². The van der Waals surface area contributed by atoms with Gasteiger partial charge in [0.15, 0.2) is 6.39 Å². The van der Waals surface area contributed by atoms with E-state index in [1.54, 1.807) is 13.4 Å². The minimum atomic E-state index is -0.284. The highest BCUT2D eigenvalue weighted by Gasteiger charge is 2.36. The summed E-state index contributed by atoms with van der Waals surface area (Å²) in [6.45, 7) is 0. The summed E-state index contributed by atoms with van der Waals surface area (Å²) in [5, 5.41) is 7.73. The Morgan fingerprint density at radius 2 is 1.82 bits per heavy atom. The van der Waals surface area contributed by atoms with Crippen LogP contribution in [0, 0.1) is 0 Å². The van der Waals surface area contributed by atoms with Crippen molar-refractivity contribution in [3.8, 4) is 17.1 Å². The number of aromatic amines is 1. The van der Waals surface area contributed by atoms with Crippen LogP contribution in [-0.4, -0.2) is 22.3 Å². The number of fused-ring (bicyclic) bond motifs is 1. The number of hydrogen-bond donors (Lipinski definition) is 1. The van der Waals surface area contributed by atoms with E-state index in [2.05, 4.69) is 63.7 Å². The van der Waals surface area contributed by atoms with Crippen LogP contribution in [-0.2, 0) is 11.8 Å². The SMILES string of the molecule is COc1ccc(C2(c3ccccc3)C=Cc3c(-c4cocn4)n[nH]c3C2)cc1. The van der Waals surface area contributed by atoms with Crippen LogP contribution in [0.4, 0.5) is 0 Å². The summed E-state index contributed by atoms with van der Waals surface area (Å²) in [4.78, 5) is 4.24. The van der Waals surface area contributed by atoms with Crippen molar-refractivity contribution < 1.29 is 9.15 Å². The molecule has 5 nitrogen and oxygen atoms in total. The standard InChI is InChI=1S/C23H19N3O2/c1-27-18-9-7-17(8-10-18)23(16-5-3-2-4-6-16)12-11-19-20(13-23)25-26-22(19)21-14-28-15-24-21/h2-12,14-15H,13H2,1H3,(H,25,26). The minimum Gasteiger partial charge on any atom is -0.497 e. The Bertz CT molecular complexity index is 1110. The first-order valence-electron chi connectivity index (χ1n) is 9.15. The zero-order chi connectivity index (χ0) is 19.0. The number of rotatable bonds is 4. The van der Waals surface area contributed by atoms with Gasteiger partial charge in [-0.05, 0) is 23.3 Å². The zero-order valence-electron chi connectivity index (χ0n) is 15.4. The maximum Gasteiger partial charge on any atom is 0.181 e. The Kier molecular flexibility index (Phi) is 3.86. The Hall–Kier alpha value is -3.60. The van der Waals surface area contributed by atoms with E-state index in [4.69, 9.17) is 9.15 Å². The van der Waals surface area contributed by atoms with Gasteiger partial charge in [0.1, 0.15) is 23.4 Å². The second-order valence-corrected chi connectivity index (χ2v) is 6.91. The Morgan fingerprint density at radius 3 is 2.54 bits per heavy atom. The number of nitrogens with one attached hydrogen (secondary N) is 1. The molecule has 0 radical (unpaired) electrons. The Balaban J connectivity index is 1.65. The van der Waals surface area contributed by atoms with Gasteiger partial charge in [-0.2, -0.15) is 5.10 Å². The summed E-state index contributed by atoms with van der Waals surface area (Å²) >= 11 is 0. The molecule has 1 aliphatic carbocycles. The Morgan fingerprint density at radius 1 is 1.04 bits per heavy atom. The molecule has 5 rings (SSSR count). The average Bonchev–Trinajstić information content (AvgIpc) is 3.43. The van der Waals surface area contributed by atoms with Crippen LogP contribution in [0.2, 0.25) is 0 Å². The van der Waals surface area contributed by atoms with Crippen molar-refractivity contribution in [3.05, 3.63) is 95.7 Å². The topological polar surface area (TPSA) is 63.9 Å². The number of nitrogens with zero attached hydrogens (tertiary/aromatic N) is 2. The summed E-state index contributed by atoms with van der Waals surface area (Å²) < 4.78 is 10.5. The van der Waals surface area contributed by atoms with Crippen LogP contribution >= 0.6 is 0 Å². The number of ether oxygens (including phenoxy) is 1. The van der Waals surface area contributed by atoms with Gasteiger partial charge in [0, 0.05) is 23.1 Å². The molecule has 5 heteroatoms. The summed E-state index contributed by atoms with van der Waals surface area (Å²) in [6.07, 6.45) is 8.23. The second kappa shape index (κ2) is 6.53. The van der Waals surface area contributed by atoms with E-state index < -0.39 is 0 Å². The maximum atomic E-state index is 5.35. The fourth-order valence-electron chi connectivity index (χ4n) is 3.98. The quantitative estimate of drug-likeness (QED) is 0.570. The molecule has 0 saturated heterocycles. The lowest BCUT2D eigenvalue weighted by molar-refractivity contribution is 0.414. The van der Waals surface area contributed by atoms with E-state index >= 15 is 0 Å². The monoisotopic (exact) mass is 369 g/mol. The number of aromatic nitrogens is 3. The van der Waals surface area contributed by atoms with E-state index in [0.717, 1.165) is 34.8 Å². The van der Waals surface area contributed by atoms with Crippen LogP contribution in [0.25, 0.3) is 17.5 Å². The van der Waals surface area contributed by atoms with Gasteiger partial charge in [-0.1, -0.05) is 54.6 Å². The first kappa shape index (κ1) is 16.6. The summed E-state index contributed by atoms with van der Waals surface area (Å²) in [7, 11) is 1.69. The van der Waals surface area contributed by atoms with E-state index in [1.807, 2.05) is 18.2 Å². The molecule has 0 fully saturated rings. The van der Waals surface area contributed by atoms with Gasteiger partial charge in [0.25, 0.3) is 0 Å². The lowest BCUT2D eigenvalue weighted by Gasteiger charge is -2.34. The molecule has 28 heavy (non-hydrogen) atoms. The number of oxazole rings is 1. The summed E-state index contributed by atoms with van der Waals surface area (Å²) in [6, 6.07) is 18.8. The number of methoxy groups -OCH3 is 1. The van der Waals surface area contributed by atoms with Crippen molar-refractivity contribution >= 4 is 6.08 Å². The molecule has 1 unspecified atom stereocenters. The lowest BCUT2D eigenvalue weighted by Crippen LogP contribution is -2.30. The molecule has 0 spiro atoms. The van der Waals surface area contributed by atoms with Crippen molar-refractivity contribution in [1.29, 1.82) is 0 Å². The fraction of sp³-hybridized carbons (Fsp3) is 0.130. The molecule has 1 aliphatic rings. The average molecular weight is 369 g/mol. The normalized spacial score (nSPS) is 18.0. The third-order valence-electron chi connectivity index (χ3n) is 5.44. The van der Waals surface area contributed by atoms with Crippen molar-refractivity contribution in [2.75, 3.05) is 7.11 Å². The first-order chi connectivity index (χ1) is 13.8. The molecule has 0 aliphatic heterocycles. The van der Waals surface area contributed by atoms with Gasteiger partial charge in [-0.15, -0.1) is 0 Å². The minimum absolute atomic E-state index is 0.284. The molecule has 2 heterocycles. The predicted octanol–water partition coefficient (Wildman–Crippen LogP) is 4.63. The third kappa shape index (κ3) is 2.55. The van der Waals surface area contributed by atoms with Crippen molar-refractivity contribution in [2.24, 2.45) is 0 Å². The summed E-state index contributed by atoms with van der Waals surface area (Å²) in [5.41, 5.74) is 5.86. The highest BCUT2D eigenvalue weighted by molar-refractivity contribution is 5.74. The molecule has 0 amide bonds. The predicted molar refractivity (Wildman–Crippen MR) is 107 cm³/mol. The smallest absolute Gasteiger partial charge is 0.181 e. The van der Waals surface area contributed by atoms with E-state index in [9.17, 15) is 0 Å². The molecule has 2 aromatic carbocycles. The molecule has 0 saturated carbocycles. The summed E-state index contributed by atoms with van der Waals surface area (Å²) in [5.74, 6) is 0.849. The molecule has 2 aromatic heterocycles. The number of hydrogen-bond acceptors (Lipinski definition) is 4. The molecular formula is C23H19N3O2. The van der Waals surface area contributed by atoms with Crippen LogP contribution in [0.15, 0.2) is 77.7 Å². The number of benzene rings is 2. The lowest BCUT2D eigenvalue weighted by atomic mass is 9.68. The molecule has 4 aromatic rings. The van der Waals surface area contributed by atoms with Gasteiger partial charge >= 0.3 is 0 Å². The van der Waals surface area contributed by atoms with Crippen molar-refractivity contribution in [2.45, 2.75) is 11.8 Å². The number of H-pyrrole nitrogens is 1. The van der Waals surface area contributed by atoms with Crippen LogP contribution in [0.1, 0.15) is 22.4 Å². The number of allylic oxidation sites excluding steroid dienone is 1. The van der Waals surface area contributed by atoms with Crippen LogP contribution < -0.4 is 4.74 Å². The maximum absolute atomic E-state index is 5.35. The van der Waals surface area contributed by atoms with Gasteiger partial charge in [-0.25, -0.2) is 4.98 Å². The van der Waals surface area contributed by atoms with E-state index in [1.165, 1.54) is 17.5 Å². The highest BCUT2D eigenvalue weighted by atomic mass is 16.5. The van der Waals surface area contributed by atoms with Gasteiger partial charge < -0.3 is 9.15 Å². The van der Waals surface area contributed by atoms with Gasteiger partial charge in [0.2, 0.25) is 0 Å². The van der Waals surface area contributed by atoms with Crippen LogP contribution in [0.3, 0.4) is 0 Å². The fourth-order valence-corrected chi connectivity index (χ4v) is 3.98. The van der Waals surface area contributed by atoms with E-state index in [0.29, 0.717) is 0 Å². The molecule has 0 bridgehead atoms. The highest BCUT2D eigenvalue weighted by Crippen LogP contribution is 2.43.